The molecule has 4 nitrogen and oxygen atoms in total. The van der Waals surface area contributed by atoms with E-state index in [1.807, 2.05) is 6.08 Å². The Morgan fingerprint density at radius 1 is 1.12 bits per heavy atom. The van der Waals surface area contributed by atoms with Crippen LogP contribution in [0, 0.1) is 11.8 Å². The lowest BCUT2D eigenvalue weighted by Gasteiger charge is -2.27. The highest BCUT2D eigenvalue weighted by molar-refractivity contribution is 6.11. The van der Waals surface area contributed by atoms with E-state index in [1.165, 1.54) is 49.8 Å². The molecule has 0 N–H and O–H groups in total. The fourth-order valence-electron chi connectivity index (χ4n) is 4.49. The van der Waals surface area contributed by atoms with E-state index in [1.54, 1.807) is 6.08 Å². The van der Waals surface area contributed by atoms with Crippen LogP contribution in [0.5, 0.6) is 0 Å². The van der Waals surface area contributed by atoms with Crippen molar-refractivity contribution in [3.63, 3.8) is 0 Å². The van der Waals surface area contributed by atoms with E-state index in [-0.39, 0.29) is 11.9 Å². The van der Waals surface area contributed by atoms with Crippen LogP contribution in [0.2, 0.25) is 5.82 Å². The third kappa shape index (κ3) is 4.43. The molecule has 24 heavy (non-hydrogen) atoms. The summed E-state index contributed by atoms with van der Waals surface area (Å²) in [5, 5.41) is 0. The zero-order chi connectivity index (χ0) is 16.9. The molecule has 3 aliphatic rings. The highest BCUT2D eigenvalue weighted by Crippen LogP contribution is 2.32. The Balaban J connectivity index is 1.55. The lowest BCUT2D eigenvalue weighted by Crippen LogP contribution is -2.39. The second-order valence-electron chi connectivity index (χ2n) is 8.06. The molecule has 2 aliphatic carbocycles. The predicted molar refractivity (Wildman–Crippen MR) is 96.6 cm³/mol. The van der Waals surface area contributed by atoms with Gasteiger partial charge in [-0.3, -0.25) is 4.79 Å². The maximum Gasteiger partial charge on any atom is 0.417 e. The minimum Gasteiger partial charge on any atom is -0.447 e. The highest BCUT2D eigenvalue weighted by Gasteiger charge is 2.38. The van der Waals surface area contributed by atoms with Gasteiger partial charge in [-0.1, -0.05) is 56.8 Å². The number of carbonyl (C=O) groups is 2. The first-order valence-corrected chi connectivity index (χ1v) is 9.81. The highest BCUT2D eigenvalue weighted by atomic mass is 16.6. The number of cyclic esters (lactones) is 1. The quantitative estimate of drug-likeness (QED) is 0.585. The number of allylic oxidation sites excluding steroid dienone is 1. The van der Waals surface area contributed by atoms with E-state index < -0.39 is 6.09 Å². The fraction of sp³-hybridized carbons (Fsp3) is 0.789. The van der Waals surface area contributed by atoms with Crippen LogP contribution in [-0.4, -0.2) is 37.4 Å². The van der Waals surface area contributed by atoms with Gasteiger partial charge in [-0.05, 0) is 37.2 Å². The number of rotatable bonds is 4. The number of imide groups is 1. The first-order chi connectivity index (χ1) is 11.6. The molecule has 0 bridgehead atoms. The number of ether oxygens (including phenoxy) is 1. The number of hydrogen-bond acceptors (Lipinski definition) is 3. The van der Waals surface area contributed by atoms with Crippen molar-refractivity contribution in [3.05, 3.63) is 12.2 Å². The van der Waals surface area contributed by atoms with Gasteiger partial charge in [0.15, 0.2) is 0 Å². The number of amides is 2. The predicted octanol–water partition coefficient (Wildman–Crippen LogP) is 3.47. The van der Waals surface area contributed by atoms with Crippen molar-refractivity contribution in [1.82, 2.24) is 4.90 Å². The van der Waals surface area contributed by atoms with Crippen molar-refractivity contribution in [2.45, 2.75) is 76.1 Å². The van der Waals surface area contributed by atoms with Crippen molar-refractivity contribution < 1.29 is 14.3 Å². The average molecular weight is 331 g/mol. The number of nitrogens with zero attached hydrogens (tertiary/aromatic N) is 1. The van der Waals surface area contributed by atoms with E-state index >= 15 is 0 Å². The largest absolute Gasteiger partial charge is 0.447 e. The molecule has 2 amide bonds. The van der Waals surface area contributed by atoms with Gasteiger partial charge in [0, 0.05) is 0 Å². The van der Waals surface area contributed by atoms with Gasteiger partial charge in [0.25, 0.3) is 5.91 Å². The monoisotopic (exact) mass is 331 g/mol. The lowest BCUT2D eigenvalue weighted by atomic mass is 9.72. The van der Waals surface area contributed by atoms with Crippen LogP contribution in [-0.2, 0) is 9.53 Å². The first-order valence-electron chi connectivity index (χ1n) is 9.81. The summed E-state index contributed by atoms with van der Waals surface area (Å²) in [6.07, 6.45) is 15.2. The molecular weight excluding hydrogens is 301 g/mol. The van der Waals surface area contributed by atoms with Gasteiger partial charge in [0.1, 0.15) is 14.5 Å². The van der Waals surface area contributed by atoms with E-state index in [9.17, 15) is 9.59 Å². The zero-order valence-corrected chi connectivity index (χ0v) is 14.9. The van der Waals surface area contributed by atoms with E-state index in [0.29, 0.717) is 18.4 Å². The molecule has 132 valence electrons. The van der Waals surface area contributed by atoms with E-state index in [0.717, 1.165) is 25.1 Å². The van der Waals surface area contributed by atoms with Crippen LogP contribution in [0.4, 0.5) is 4.79 Å². The normalized spacial score (nSPS) is 32.2. The molecule has 3 rings (SSSR count). The van der Waals surface area contributed by atoms with Crippen LogP contribution in [0.25, 0.3) is 0 Å². The smallest absolute Gasteiger partial charge is 0.417 e. The van der Waals surface area contributed by atoms with Gasteiger partial charge in [0.2, 0.25) is 0 Å². The Morgan fingerprint density at radius 3 is 2.54 bits per heavy atom. The minimum atomic E-state index is -0.456. The molecular formula is C19H30BNO3. The topological polar surface area (TPSA) is 46.6 Å². The van der Waals surface area contributed by atoms with Crippen molar-refractivity contribution >= 4 is 19.8 Å². The maximum absolute atomic E-state index is 12.6. The van der Waals surface area contributed by atoms with Crippen molar-refractivity contribution in [2.75, 3.05) is 6.61 Å². The summed E-state index contributed by atoms with van der Waals surface area (Å²) >= 11 is 0. The molecule has 5 heteroatoms. The Morgan fingerprint density at radius 2 is 1.83 bits per heavy atom. The standard InChI is InChI=1S/C19H30BNO3/c20-16-9-6-14(7-10-16)8-11-18(22)21-17(13-24-19(21)23)12-15-4-2-1-3-5-15/h8,11,14-17H,1-7,9-10,12-13,20H2/b11-8+/t14?,16?,17-/m0/s1. The summed E-state index contributed by atoms with van der Waals surface area (Å²) in [5.74, 6) is 1.74. The number of hydrogen-bond donors (Lipinski definition) is 0. The van der Waals surface area contributed by atoms with Gasteiger partial charge in [-0.2, -0.15) is 0 Å². The molecule has 1 saturated heterocycles. The molecule has 0 aromatic heterocycles. The summed E-state index contributed by atoms with van der Waals surface area (Å²) in [6, 6.07) is -0.0656. The second-order valence-corrected chi connectivity index (χ2v) is 8.06. The minimum absolute atomic E-state index is 0.0656. The van der Waals surface area contributed by atoms with E-state index in [4.69, 9.17) is 4.74 Å². The Bertz CT molecular complexity index is 479. The molecule has 0 unspecified atom stereocenters. The third-order valence-electron chi connectivity index (χ3n) is 6.10. The summed E-state index contributed by atoms with van der Waals surface area (Å²) in [5.41, 5.74) is 0. The summed E-state index contributed by atoms with van der Waals surface area (Å²) < 4.78 is 5.18. The maximum atomic E-state index is 12.6. The van der Waals surface area contributed by atoms with Gasteiger partial charge in [-0.15, -0.1) is 0 Å². The molecule has 1 atom stereocenters. The molecule has 3 fully saturated rings. The Kier molecular flexibility index (Phi) is 6.01. The van der Waals surface area contributed by atoms with Crippen LogP contribution in [0.3, 0.4) is 0 Å². The summed E-state index contributed by atoms with van der Waals surface area (Å²) in [6.45, 7) is 0.371. The molecule has 1 heterocycles. The molecule has 0 radical (unpaired) electrons. The zero-order valence-electron chi connectivity index (χ0n) is 14.9. The summed E-state index contributed by atoms with van der Waals surface area (Å²) in [7, 11) is 2.29. The van der Waals surface area contributed by atoms with Gasteiger partial charge in [0.05, 0.1) is 6.04 Å². The van der Waals surface area contributed by atoms with Crippen LogP contribution < -0.4 is 0 Å². The SMILES string of the molecule is BC1CCC(/C=C/C(=O)N2C(=O)OC[C@@H]2CC2CCCCC2)CC1. The Hall–Kier alpha value is -1.26. The van der Waals surface area contributed by atoms with Crippen molar-refractivity contribution in [1.29, 1.82) is 0 Å². The molecule has 2 saturated carbocycles. The fourth-order valence-corrected chi connectivity index (χ4v) is 4.49. The van der Waals surface area contributed by atoms with Crippen molar-refractivity contribution in [2.24, 2.45) is 11.8 Å². The Labute approximate surface area is 146 Å². The van der Waals surface area contributed by atoms with Crippen LogP contribution in [0.15, 0.2) is 12.2 Å². The van der Waals surface area contributed by atoms with Crippen LogP contribution in [0.1, 0.15) is 64.2 Å². The molecule has 0 spiro atoms. The molecule has 0 aromatic rings. The second kappa shape index (κ2) is 8.22. The third-order valence-corrected chi connectivity index (χ3v) is 6.10. The lowest BCUT2D eigenvalue weighted by molar-refractivity contribution is -0.124. The van der Waals surface area contributed by atoms with Gasteiger partial charge >= 0.3 is 6.09 Å². The van der Waals surface area contributed by atoms with Gasteiger partial charge in [-0.25, -0.2) is 9.69 Å². The van der Waals surface area contributed by atoms with Crippen molar-refractivity contribution in [3.8, 4) is 0 Å². The average Bonchev–Trinajstić information content (AvgIpc) is 2.95. The molecule has 1 aliphatic heterocycles. The molecule has 0 aromatic carbocycles. The summed E-state index contributed by atoms with van der Waals surface area (Å²) in [4.78, 5) is 25.9. The van der Waals surface area contributed by atoms with Crippen LogP contribution >= 0.6 is 0 Å². The van der Waals surface area contributed by atoms with E-state index in [2.05, 4.69) is 7.85 Å². The number of carbonyl (C=O) groups excluding carboxylic acids is 2. The van der Waals surface area contributed by atoms with Gasteiger partial charge < -0.3 is 4.74 Å². The first kappa shape index (κ1) is 17.6.